The summed E-state index contributed by atoms with van der Waals surface area (Å²) in [6, 6.07) is 2.36. The molecule has 0 amide bonds. The van der Waals surface area contributed by atoms with E-state index in [2.05, 4.69) is 6.07 Å². The fourth-order valence-electron chi connectivity index (χ4n) is 1.44. The van der Waals surface area contributed by atoms with Gasteiger partial charge >= 0.3 is 18.0 Å². The second-order valence-corrected chi connectivity index (χ2v) is 4.13. The van der Waals surface area contributed by atoms with E-state index in [1.54, 1.807) is 0 Å². The first-order valence-corrected chi connectivity index (χ1v) is 5.01. The Morgan fingerprint density at radius 2 is 1.47 bits per heavy atom. The Kier molecular flexibility index (Phi) is 3.70. The van der Waals surface area contributed by atoms with Crippen molar-refractivity contribution in [2.75, 3.05) is 5.73 Å². The Morgan fingerprint density at radius 3 is 1.84 bits per heavy atom. The number of hydrogen-bond acceptors (Lipinski definition) is 1. The number of halogens is 8. The zero-order chi connectivity index (χ0) is 15.2. The molecular weight excluding hydrogens is 303 g/mol. The zero-order valence-electron chi connectivity index (χ0n) is 9.18. The Balaban J connectivity index is 3.71. The molecule has 0 aliphatic heterocycles. The number of alkyl halides is 7. The van der Waals surface area contributed by atoms with Crippen LogP contribution in [-0.4, -0.2) is 12.4 Å². The molecule has 1 aromatic rings. The molecule has 0 aliphatic carbocycles. The van der Waals surface area contributed by atoms with Crippen molar-refractivity contribution >= 4 is 17.3 Å². The summed E-state index contributed by atoms with van der Waals surface area (Å²) in [7, 11) is 0. The van der Waals surface area contributed by atoms with Gasteiger partial charge in [0.05, 0.1) is 0 Å². The molecule has 1 radical (unpaired) electrons. The van der Waals surface area contributed by atoms with Gasteiger partial charge in [-0.15, -0.1) is 0 Å². The van der Waals surface area contributed by atoms with Crippen LogP contribution in [0.25, 0.3) is 0 Å². The van der Waals surface area contributed by atoms with Gasteiger partial charge < -0.3 is 5.73 Å². The lowest BCUT2D eigenvalue weighted by molar-refractivity contribution is -0.348. The number of hydrogen-bond donors (Lipinski definition) is 1. The van der Waals surface area contributed by atoms with E-state index in [0.29, 0.717) is 0 Å². The SMILES string of the molecule is Cc1[c]c(Cl)cc(C(F)(C(F)(F)F)C(F)(F)F)c1N. The van der Waals surface area contributed by atoms with Crippen LogP contribution in [0.2, 0.25) is 5.02 Å². The van der Waals surface area contributed by atoms with Crippen LogP contribution in [0, 0.1) is 13.0 Å². The van der Waals surface area contributed by atoms with Crippen LogP contribution in [0.4, 0.5) is 36.4 Å². The van der Waals surface area contributed by atoms with Gasteiger partial charge in [-0.2, -0.15) is 26.3 Å². The highest BCUT2D eigenvalue weighted by atomic mass is 35.5. The fraction of sp³-hybridized carbons (Fsp3) is 0.400. The monoisotopic (exact) mass is 308 g/mol. The normalized spacial score (nSPS) is 13.7. The van der Waals surface area contributed by atoms with E-state index in [1.807, 2.05) is 0 Å². The minimum atomic E-state index is -6.23. The molecule has 19 heavy (non-hydrogen) atoms. The van der Waals surface area contributed by atoms with E-state index in [1.165, 1.54) is 0 Å². The number of nitrogens with two attached hydrogens (primary N) is 1. The molecule has 0 unspecified atom stereocenters. The lowest BCUT2D eigenvalue weighted by Crippen LogP contribution is -2.50. The molecule has 0 spiro atoms. The molecule has 0 aromatic heterocycles. The van der Waals surface area contributed by atoms with Crippen LogP contribution in [-0.2, 0) is 5.67 Å². The van der Waals surface area contributed by atoms with E-state index in [-0.39, 0.29) is 11.6 Å². The van der Waals surface area contributed by atoms with E-state index in [0.717, 1.165) is 6.92 Å². The van der Waals surface area contributed by atoms with E-state index in [4.69, 9.17) is 17.3 Å². The van der Waals surface area contributed by atoms with Gasteiger partial charge in [0.15, 0.2) is 0 Å². The molecule has 0 aliphatic rings. The molecule has 0 saturated carbocycles. The van der Waals surface area contributed by atoms with E-state index >= 15 is 0 Å². The molecule has 0 saturated heterocycles. The maximum Gasteiger partial charge on any atom is 0.436 e. The first-order valence-electron chi connectivity index (χ1n) is 4.63. The van der Waals surface area contributed by atoms with Crippen LogP contribution in [0.5, 0.6) is 0 Å². The largest absolute Gasteiger partial charge is 0.436 e. The Morgan fingerprint density at radius 1 is 1.05 bits per heavy atom. The molecule has 0 fully saturated rings. The molecule has 0 bridgehead atoms. The lowest BCUT2D eigenvalue weighted by atomic mass is 9.91. The fourth-order valence-corrected chi connectivity index (χ4v) is 1.69. The topological polar surface area (TPSA) is 26.0 Å². The number of benzene rings is 1. The first kappa shape index (κ1) is 15.9. The van der Waals surface area contributed by atoms with E-state index < -0.39 is 34.3 Å². The molecule has 0 heterocycles. The van der Waals surface area contributed by atoms with Gasteiger partial charge in [-0.25, -0.2) is 4.39 Å². The van der Waals surface area contributed by atoms with E-state index in [9.17, 15) is 30.7 Å². The van der Waals surface area contributed by atoms with Crippen LogP contribution in [0.3, 0.4) is 0 Å². The summed E-state index contributed by atoms with van der Waals surface area (Å²) in [6.07, 6.45) is -12.5. The standard InChI is InChI=1S/C10H6ClF7N/c1-4-2-5(11)3-6(7(4)19)8(12,9(13,14)15)10(16,17)18/h3H,19H2,1H3. The van der Waals surface area contributed by atoms with Crippen LogP contribution in [0.15, 0.2) is 6.07 Å². The van der Waals surface area contributed by atoms with Crippen LogP contribution < -0.4 is 5.73 Å². The Labute approximate surface area is 108 Å². The zero-order valence-corrected chi connectivity index (χ0v) is 9.93. The third-order valence-electron chi connectivity index (χ3n) is 2.42. The minimum absolute atomic E-state index is 0.171. The summed E-state index contributed by atoms with van der Waals surface area (Å²) >= 11 is 5.32. The van der Waals surface area contributed by atoms with Crippen molar-refractivity contribution in [1.29, 1.82) is 0 Å². The van der Waals surface area contributed by atoms with Crippen molar-refractivity contribution in [2.45, 2.75) is 24.9 Å². The van der Waals surface area contributed by atoms with Gasteiger partial charge in [0.1, 0.15) is 0 Å². The average Bonchev–Trinajstić information content (AvgIpc) is 2.18. The summed E-state index contributed by atoms with van der Waals surface area (Å²) in [5.41, 5.74) is -3.58. The van der Waals surface area contributed by atoms with Gasteiger partial charge in [-0.3, -0.25) is 0 Å². The minimum Gasteiger partial charge on any atom is -0.398 e. The lowest BCUT2D eigenvalue weighted by Gasteiger charge is -2.31. The summed E-state index contributed by atoms with van der Waals surface area (Å²) < 4.78 is 88.9. The van der Waals surface area contributed by atoms with Crippen molar-refractivity contribution in [1.82, 2.24) is 0 Å². The van der Waals surface area contributed by atoms with Crippen molar-refractivity contribution in [2.24, 2.45) is 0 Å². The maximum atomic E-state index is 13.8. The summed E-state index contributed by atoms with van der Waals surface area (Å²) in [5.74, 6) is 0. The van der Waals surface area contributed by atoms with Gasteiger partial charge in [0.2, 0.25) is 0 Å². The smallest absolute Gasteiger partial charge is 0.398 e. The first-order chi connectivity index (χ1) is 8.32. The highest BCUT2D eigenvalue weighted by molar-refractivity contribution is 6.30. The molecule has 1 aromatic carbocycles. The van der Waals surface area contributed by atoms with Crippen LogP contribution >= 0.6 is 11.6 Å². The van der Waals surface area contributed by atoms with Crippen molar-refractivity contribution in [3.63, 3.8) is 0 Å². The van der Waals surface area contributed by atoms with Gasteiger partial charge in [0, 0.05) is 22.3 Å². The molecule has 1 rings (SSSR count). The molecular formula is C10H6ClF7N. The second-order valence-electron chi connectivity index (χ2n) is 3.72. The number of aryl methyl sites for hydroxylation is 1. The molecule has 2 N–H and O–H groups in total. The van der Waals surface area contributed by atoms with Crippen LogP contribution in [0.1, 0.15) is 11.1 Å². The highest BCUT2D eigenvalue weighted by Crippen LogP contribution is 2.55. The highest BCUT2D eigenvalue weighted by Gasteiger charge is 2.74. The summed E-state index contributed by atoms with van der Waals surface area (Å²) in [6.45, 7) is 1.07. The number of rotatable bonds is 1. The molecule has 1 nitrogen and oxygen atoms in total. The van der Waals surface area contributed by atoms with Crippen molar-refractivity contribution in [3.8, 4) is 0 Å². The molecule has 107 valence electrons. The van der Waals surface area contributed by atoms with Gasteiger partial charge in [-0.1, -0.05) is 11.6 Å². The van der Waals surface area contributed by atoms with Gasteiger partial charge in [0.25, 0.3) is 0 Å². The predicted molar refractivity (Wildman–Crippen MR) is 54.3 cm³/mol. The summed E-state index contributed by atoms with van der Waals surface area (Å²) in [4.78, 5) is 0. The average molecular weight is 309 g/mol. The third kappa shape index (κ3) is 2.45. The quantitative estimate of drug-likeness (QED) is 0.607. The summed E-state index contributed by atoms with van der Waals surface area (Å²) in [5, 5.41) is -0.600. The second kappa shape index (κ2) is 4.43. The maximum absolute atomic E-state index is 13.8. The molecule has 9 heteroatoms. The van der Waals surface area contributed by atoms with Crippen molar-refractivity contribution < 1.29 is 30.7 Å². The van der Waals surface area contributed by atoms with Gasteiger partial charge in [-0.05, 0) is 18.6 Å². The number of nitrogen functional groups attached to an aromatic ring is 1. The van der Waals surface area contributed by atoms with Crippen molar-refractivity contribution in [3.05, 3.63) is 28.3 Å². The Hall–Kier alpha value is -1.18. The third-order valence-corrected chi connectivity index (χ3v) is 2.63. The predicted octanol–water partition coefficient (Wildman–Crippen LogP) is 4.32. The Bertz CT molecular complexity index is 478. The molecule has 0 atom stereocenters. The number of anilines is 1.